The summed E-state index contributed by atoms with van der Waals surface area (Å²) in [6.45, 7) is 1.61. The summed E-state index contributed by atoms with van der Waals surface area (Å²) in [6.07, 6.45) is 0.115. The maximum absolute atomic E-state index is 12.5. The molecule has 1 aliphatic carbocycles. The minimum atomic E-state index is -0.675. The lowest BCUT2D eigenvalue weighted by Gasteiger charge is -2.07. The van der Waals surface area contributed by atoms with Crippen LogP contribution in [-0.4, -0.2) is 21.4 Å². The molecule has 0 unspecified atom stereocenters. The van der Waals surface area contributed by atoms with Crippen LogP contribution in [0.2, 0.25) is 0 Å². The second-order valence-corrected chi connectivity index (χ2v) is 5.27. The second kappa shape index (κ2) is 5.34. The molecule has 120 valence electrons. The molecule has 0 atom stereocenters. The Morgan fingerprint density at radius 1 is 0.958 bits per heavy atom. The molecule has 0 saturated carbocycles. The van der Waals surface area contributed by atoms with E-state index >= 15 is 0 Å². The Kier molecular flexibility index (Phi) is 3.44. The van der Waals surface area contributed by atoms with E-state index in [-0.39, 0.29) is 40.3 Å². The largest absolute Gasteiger partial charge is 0.294 e. The number of nitro groups is 2. The third-order valence-electron chi connectivity index (χ3n) is 3.93. The van der Waals surface area contributed by atoms with Crippen molar-refractivity contribution in [2.75, 3.05) is 0 Å². The zero-order valence-corrected chi connectivity index (χ0v) is 12.4. The Hall–Kier alpha value is -3.42. The summed E-state index contributed by atoms with van der Waals surface area (Å²) in [5.41, 5.74) is 0.257. The Balaban J connectivity index is 2.33. The molecule has 0 heterocycles. The van der Waals surface area contributed by atoms with Gasteiger partial charge in [-0.05, 0) is 11.6 Å². The molecule has 3 rings (SSSR count). The van der Waals surface area contributed by atoms with E-state index in [0.29, 0.717) is 11.1 Å². The molecule has 0 aliphatic heterocycles. The number of non-ortho nitro benzene ring substituents is 2. The summed E-state index contributed by atoms with van der Waals surface area (Å²) in [7, 11) is 0. The molecule has 24 heavy (non-hydrogen) atoms. The minimum Gasteiger partial charge on any atom is -0.294 e. The molecule has 1 aliphatic rings. The molecule has 0 radical (unpaired) electrons. The van der Waals surface area contributed by atoms with Crippen LogP contribution in [-0.2, 0) is 0 Å². The normalized spacial score (nSPS) is 11.8. The Bertz CT molecular complexity index is 948. The van der Waals surface area contributed by atoms with Crippen LogP contribution in [0.1, 0.15) is 39.6 Å². The topological polar surface area (TPSA) is 120 Å². The van der Waals surface area contributed by atoms with Gasteiger partial charge in [0, 0.05) is 52.9 Å². The fraction of sp³-hybridized carbons (Fsp3) is 0.125. The van der Waals surface area contributed by atoms with Crippen molar-refractivity contribution in [2.45, 2.75) is 13.3 Å². The number of rotatable bonds is 4. The quantitative estimate of drug-likeness (QED) is 0.412. The maximum Gasteiger partial charge on any atom is 0.270 e. The lowest BCUT2D eigenvalue weighted by atomic mass is 9.95. The summed E-state index contributed by atoms with van der Waals surface area (Å²) >= 11 is 0. The summed E-state index contributed by atoms with van der Waals surface area (Å²) in [4.78, 5) is 45.4. The van der Waals surface area contributed by atoms with E-state index in [1.807, 2.05) is 0 Å². The van der Waals surface area contributed by atoms with Gasteiger partial charge in [-0.15, -0.1) is 0 Å². The van der Waals surface area contributed by atoms with Crippen LogP contribution in [0, 0.1) is 20.2 Å². The highest BCUT2D eigenvalue weighted by molar-refractivity contribution is 6.25. The van der Waals surface area contributed by atoms with Gasteiger partial charge in [-0.1, -0.05) is 6.92 Å². The first-order valence-electron chi connectivity index (χ1n) is 7.04. The van der Waals surface area contributed by atoms with Gasteiger partial charge in [0.05, 0.1) is 9.85 Å². The van der Waals surface area contributed by atoms with Gasteiger partial charge in [0.1, 0.15) is 0 Å². The van der Waals surface area contributed by atoms with Gasteiger partial charge in [0.25, 0.3) is 11.4 Å². The first-order valence-corrected chi connectivity index (χ1v) is 7.04. The molecule has 0 bridgehead atoms. The fourth-order valence-corrected chi connectivity index (χ4v) is 2.81. The van der Waals surface area contributed by atoms with Crippen LogP contribution in [0.5, 0.6) is 0 Å². The van der Waals surface area contributed by atoms with Crippen LogP contribution < -0.4 is 0 Å². The zero-order valence-electron chi connectivity index (χ0n) is 12.4. The number of ketones is 2. The number of hydrogen-bond acceptors (Lipinski definition) is 6. The first-order chi connectivity index (χ1) is 11.3. The molecule has 0 amide bonds. The Morgan fingerprint density at radius 3 is 2.17 bits per heavy atom. The van der Waals surface area contributed by atoms with Crippen molar-refractivity contribution in [3.63, 3.8) is 0 Å². The number of Topliss-reactive ketones (excluding diaryl/α,β-unsaturated/α-hetero) is 1. The highest BCUT2D eigenvalue weighted by Gasteiger charge is 2.34. The van der Waals surface area contributed by atoms with Gasteiger partial charge >= 0.3 is 0 Å². The summed E-state index contributed by atoms with van der Waals surface area (Å²) in [6, 6.07) is 6.02. The third-order valence-corrected chi connectivity index (χ3v) is 3.93. The lowest BCUT2D eigenvalue weighted by molar-refractivity contribution is -0.385. The van der Waals surface area contributed by atoms with Gasteiger partial charge < -0.3 is 0 Å². The van der Waals surface area contributed by atoms with Crippen molar-refractivity contribution >= 4 is 22.9 Å². The van der Waals surface area contributed by atoms with Crippen LogP contribution in [0.3, 0.4) is 0 Å². The number of fused-ring (bicyclic) bond motifs is 3. The van der Waals surface area contributed by atoms with Crippen molar-refractivity contribution < 1.29 is 19.4 Å². The summed E-state index contributed by atoms with van der Waals surface area (Å²) < 4.78 is 0. The van der Waals surface area contributed by atoms with Crippen LogP contribution in [0.25, 0.3) is 11.1 Å². The molecule has 8 nitrogen and oxygen atoms in total. The van der Waals surface area contributed by atoms with Crippen LogP contribution in [0.15, 0.2) is 30.3 Å². The number of hydrogen-bond donors (Lipinski definition) is 0. The van der Waals surface area contributed by atoms with Gasteiger partial charge in [0.15, 0.2) is 11.6 Å². The van der Waals surface area contributed by atoms with E-state index in [4.69, 9.17) is 0 Å². The average Bonchev–Trinajstić information content (AvgIpc) is 2.85. The van der Waals surface area contributed by atoms with Crippen molar-refractivity contribution in [1.82, 2.24) is 0 Å². The number of carbonyl (C=O) groups is 2. The lowest BCUT2D eigenvalue weighted by Crippen LogP contribution is -2.04. The maximum atomic E-state index is 12.5. The molecule has 2 aromatic carbocycles. The molecule has 2 aromatic rings. The van der Waals surface area contributed by atoms with Gasteiger partial charge in [-0.2, -0.15) is 0 Å². The molecule has 0 aromatic heterocycles. The molecule has 0 spiro atoms. The third kappa shape index (κ3) is 2.16. The minimum absolute atomic E-state index is 0.0245. The van der Waals surface area contributed by atoms with E-state index in [1.165, 1.54) is 12.1 Å². The molecule has 0 fully saturated rings. The van der Waals surface area contributed by atoms with Crippen LogP contribution >= 0.6 is 0 Å². The molecule has 8 heteroatoms. The monoisotopic (exact) mass is 326 g/mol. The van der Waals surface area contributed by atoms with E-state index in [9.17, 15) is 29.8 Å². The highest BCUT2D eigenvalue weighted by atomic mass is 16.6. The first kappa shape index (κ1) is 15.5. The molecular formula is C16H10N2O6. The van der Waals surface area contributed by atoms with Crippen molar-refractivity contribution in [2.24, 2.45) is 0 Å². The van der Waals surface area contributed by atoms with Crippen molar-refractivity contribution in [1.29, 1.82) is 0 Å². The van der Waals surface area contributed by atoms with E-state index < -0.39 is 15.6 Å². The Labute approximate surface area is 135 Å². The number of nitrogens with zero attached hydrogens (tertiary/aromatic N) is 2. The van der Waals surface area contributed by atoms with Gasteiger partial charge in [0.2, 0.25) is 0 Å². The second-order valence-electron chi connectivity index (χ2n) is 5.27. The molecule has 0 saturated heterocycles. The van der Waals surface area contributed by atoms with Gasteiger partial charge in [-0.3, -0.25) is 29.8 Å². The Morgan fingerprint density at radius 2 is 1.58 bits per heavy atom. The summed E-state index contributed by atoms with van der Waals surface area (Å²) in [5.74, 6) is -0.897. The van der Waals surface area contributed by atoms with Crippen LogP contribution in [0.4, 0.5) is 11.4 Å². The fourth-order valence-electron chi connectivity index (χ4n) is 2.81. The van der Waals surface area contributed by atoms with E-state index in [2.05, 4.69) is 0 Å². The SMILES string of the molecule is CCC(=O)c1cc([N+](=O)[O-])cc2c1-c1ccc([N+](=O)[O-])cc1C2=O. The van der Waals surface area contributed by atoms with E-state index in [1.54, 1.807) is 6.92 Å². The van der Waals surface area contributed by atoms with Crippen molar-refractivity contribution in [3.05, 3.63) is 67.3 Å². The predicted octanol–water partition coefficient (Wildman–Crippen LogP) is 3.31. The molecule has 0 N–H and O–H groups in total. The summed E-state index contributed by atoms with van der Waals surface area (Å²) in [5, 5.41) is 22.0. The van der Waals surface area contributed by atoms with E-state index in [0.717, 1.165) is 18.2 Å². The van der Waals surface area contributed by atoms with Gasteiger partial charge in [-0.25, -0.2) is 0 Å². The highest BCUT2D eigenvalue weighted by Crippen LogP contribution is 2.42. The number of carbonyl (C=O) groups excluding carboxylic acids is 2. The number of benzene rings is 2. The predicted molar refractivity (Wildman–Crippen MR) is 83.2 cm³/mol. The zero-order chi connectivity index (χ0) is 17.6. The van der Waals surface area contributed by atoms with Crippen molar-refractivity contribution in [3.8, 4) is 11.1 Å². The number of nitro benzene ring substituents is 2. The smallest absolute Gasteiger partial charge is 0.270 e. The standard InChI is InChI=1S/C16H10N2O6/c1-2-14(19)12-6-9(18(23)24)7-13-15(12)10-4-3-8(17(21)22)5-11(10)16(13)20/h3-7H,2H2,1H3. The average molecular weight is 326 g/mol. The molecular weight excluding hydrogens is 316 g/mol.